The minimum Gasteiger partial charge on any atom is -0.381 e. The van der Waals surface area contributed by atoms with Gasteiger partial charge in [0.15, 0.2) is 0 Å². The molecule has 0 bridgehead atoms. The Kier molecular flexibility index (Phi) is 3.88. The molecule has 0 saturated carbocycles. The first-order valence-corrected chi connectivity index (χ1v) is 4.29. The maximum Gasteiger partial charge on any atom is 0.254 e. The molecule has 0 aromatic heterocycles. The van der Waals surface area contributed by atoms with Gasteiger partial charge in [0.2, 0.25) is 0 Å². The Bertz CT molecular complexity index is 126. The lowest BCUT2D eigenvalue weighted by atomic mass is 9.94. The van der Waals surface area contributed by atoms with Gasteiger partial charge in [-0.15, -0.1) is 0 Å². The van der Waals surface area contributed by atoms with Crippen molar-refractivity contribution in [1.82, 2.24) is 5.32 Å². The minimum atomic E-state index is -2.29. The summed E-state index contributed by atoms with van der Waals surface area (Å²) < 4.78 is 29.9. The summed E-state index contributed by atoms with van der Waals surface area (Å²) in [4.78, 5) is 0. The molecular formula is C8H15F2NO. The summed E-state index contributed by atoms with van der Waals surface area (Å²) in [5, 5.41) is 2.64. The monoisotopic (exact) mass is 179 g/mol. The maximum absolute atomic E-state index is 12.4. The van der Waals surface area contributed by atoms with Gasteiger partial charge in [0.1, 0.15) is 0 Å². The standard InChI is InChI=1S/C8H15F2NO/c1-11-7(8(9)10)6-3-2-4-12-5-6/h6-8,11H,2-5H2,1H3. The van der Waals surface area contributed by atoms with E-state index in [1.165, 1.54) is 0 Å². The van der Waals surface area contributed by atoms with E-state index in [1.807, 2.05) is 0 Å². The van der Waals surface area contributed by atoms with Crippen LogP contribution in [0.15, 0.2) is 0 Å². The Labute approximate surface area is 71.3 Å². The van der Waals surface area contributed by atoms with Crippen LogP contribution in [0, 0.1) is 5.92 Å². The summed E-state index contributed by atoms with van der Waals surface area (Å²) in [6.07, 6.45) is -0.549. The number of alkyl halides is 2. The van der Waals surface area contributed by atoms with Crippen molar-refractivity contribution in [2.24, 2.45) is 5.92 Å². The van der Waals surface area contributed by atoms with E-state index in [-0.39, 0.29) is 5.92 Å². The predicted octanol–water partition coefficient (Wildman–Crippen LogP) is 1.27. The molecule has 0 aromatic rings. The molecule has 12 heavy (non-hydrogen) atoms. The van der Waals surface area contributed by atoms with Gasteiger partial charge in [0, 0.05) is 12.5 Å². The molecule has 0 aromatic carbocycles. The van der Waals surface area contributed by atoms with Crippen molar-refractivity contribution in [3.8, 4) is 0 Å². The van der Waals surface area contributed by atoms with Gasteiger partial charge in [-0.05, 0) is 19.9 Å². The molecule has 2 unspecified atom stereocenters. The second-order valence-electron chi connectivity index (χ2n) is 3.13. The van der Waals surface area contributed by atoms with E-state index in [9.17, 15) is 8.78 Å². The summed E-state index contributed by atoms with van der Waals surface area (Å²) in [6.45, 7) is 1.19. The average molecular weight is 179 g/mol. The zero-order chi connectivity index (χ0) is 8.97. The molecule has 1 saturated heterocycles. The van der Waals surface area contributed by atoms with Crippen molar-refractivity contribution in [1.29, 1.82) is 0 Å². The fourth-order valence-electron chi connectivity index (χ4n) is 1.62. The van der Waals surface area contributed by atoms with E-state index in [0.717, 1.165) is 19.4 Å². The second kappa shape index (κ2) is 4.72. The predicted molar refractivity (Wildman–Crippen MR) is 42.4 cm³/mol. The number of rotatable bonds is 3. The third-order valence-corrected chi connectivity index (χ3v) is 2.31. The molecule has 4 heteroatoms. The Balaban J connectivity index is 2.40. The van der Waals surface area contributed by atoms with E-state index < -0.39 is 12.5 Å². The van der Waals surface area contributed by atoms with Crippen LogP contribution in [0.2, 0.25) is 0 Å². The van der Waals surface area contributed by atoms with Gasteiger partial charge < -0.3 is 10.1 Å². The Hall–Kier alpha value is -0.220. The van der Waals surface area contributed by atoms with Gasteiger partial charge in [-0.3, -0.25) is 0 Å². The smallest absolute Gasteiger partial charge is 0.254 e. The quantitative estimate of drug-likeness (QED) is 0.704. The Morgan fingerprint density at radius 2 is 2.25 bits per heavy atom. The highest BCUT2D eigenvalue weighted by Gasteiger charge is 2.29. The third kappa shape index (κ3) is 2.38. The highest BCUT2D eigenvalue weighted by Crippen LogP contribution is 2.21. The Morgan fingerprint density at radius 1 is 1.50 bits per heavy atom. The van der Waals surface area contributed by atoms with Crippen LogP contribution in [-0.4, -0.2) is 32.7 Å². The van der Waals surface area contributed by atoms with Crippen LogP contribution < -0.4 is 5.32 Å². The van der Waals surface area contributed by atoms with Crippen molar-refractivity contribution in [2.75, 3.05) is 20.3 Å². The first-order valence-electron chi connectivity index (χ1n) is 4.29. The van der Waals surface area contributed by atoms with Gasteiger partial charge in [-0.1, -0.05) is 0 Å². The van der Waals surface area contributed by atoms with Crippen LogP contribution in [0.5, 0.6) is 0 Å². The van der Waals surface area contributed by atoms with Crippen molar-refractivity contribution in [2.45, 2.75) is 25.3 Å². The van der Waals surface area contributed by atoms with E-state index in [4.69, 9.17) is 4.74 Å². The molecule has 0 spiro atoms. The lowest BCUT2D eigenvalue weighted by molar-refractivity contribution is -0.00309. The molecule has 2 nitrogen and oxygen atoms in total. The number of halogens is 2. The molecule has 1 N–H and O–H groups in total. The fraction of sp³-hybridized carbons (Fsp3) is 1.00. The molecule has 1 aliphatic rings. The number of ether oxygens (including phenoxy) is 1. The molecule has 1 rings (SSSR count). The van der Waals surface area contributed by atoms with Crippen molar-refractivity contribution in [3.63, 3.8) is 0 Å². The van der Waals surface area contributed by atoms with Crippen LogP contribution in [0.25, 0.3) is 0 Å². The Morgan fingerprint density at radius 3 is 2.67 bits per heavy atom. The molecular weight excluding hydrogens is 164 g/mol. The number of nitrogens with one attached hydrogen (secondary N) is 1. The lowest BCUT2D eigenvalue weighted by Crippen LogP contribution is -2.43. The molecule has 1 fully saturated rings. The van der Waals surface area contributed by atoms with Crippen LogP contribution in [0.3, 0.4) is 0 Å². The lowest BCUT2D eigenvalue weighted by Gasteiger charge is -2.29. The zero-order valence-electron chi connectivity index (χ0n) is 7.22. The third-order valence-electron chi connectivity index (χ3n) is 2.31. The largest absolute Gasteiger partial charge is 0.381 e. The highest BCUT2D eigenvalue weighted by molar-refractivity contribution is 4.78. The first kappa shape index (κ1) is 9.86. The zero-order valence-corrected chi connectivity index (χ0v) is 7.22. The average Bonchev–Trinajstić information content (AvgIpc) is 2.07. The molecule has 0 amide bonds. The summed E-state index contributed by atoms with van der Waals surface area (Å²) in [6, 6.07) is -0.703. The van der Waals surface area contributed by atoms with Gasteiger partial charge in [0.25, 0.3) is 6.43 Å². The van der Waals surface area contributed by atoms with E-state index in [0.29, 0.717) is 6.61 Å². The van der Waals surface area contributed by atoms with E-state index in [1.54, 1.807) is 7.05 Å². The molecule has 1 heterocycles. The van der Waals surface area contributed by atoms with Crippen molar-refractivity contribution < 1.29 is 13.5 Å². The SMILES string of the molecule is CNC(C(F)F)C1CCCOC1. The molecule has 2 atom stereocenters. The maximum atomic E-state index is 12.4. The second-order valence-corrected chi connectivity index (χ2v) is 3.13. The summed E-state index contributed by atoms with van der Waals surface area (Å²) >= 11 is 0. The molecule has 1 aliphatic heterocycles. The molecule has 0 aliphatic carbocycles. The van der Waals surface area contributed by atoms with Gasteiger partial charge in [-0.25, -0.2) is 8.78 Å². The topological polar surface area (TPSA) is 21.3 Å². The summed E-state index contributed by atoms with van der Waals surface area (Å²) in [5.74, 6) is -0.0243. The van der Waals surface area contributed by atoms with Crippen LogP contribution >= 0.6 is 0 Å². The van der Waals surface area contributed by atoms with Crippen molar-refractivity contribution in [3.05, 3.63) is 0 Å². The van der Waals surface area contributed by atoms with E-state index in [2.05, 4.69) is 5.32 Å². The van der Waals surface area contributed by atoms with Gasteiger partial charge in [-0.2, -0.15) is 0 Å². The van der Waals surface area contributed by atoms with Gasteiger partial charge in [0.05, 0.1) is 12.6 Å². The van der Waals surface area contributed by atoms with Crippen LogP contribution in [-0.2, 0) is 4.74 Å². The van der Waals surface area contributed by atoms with Crippen LogP contribution in [0.4, 0.5) is 8.78 Å². The minimum absolute atomic E-state index is 0.0243. The fourth-order valence-corrected chi connectivity index (χ4v) is 1.62. The molecule has 0 radical (unpaired) electrons. The van der Waals surface area contributed by atoms with Gasteiger partial charge >= 0.3 is 0 Å². The van der Waals surface area contributed by atoms with Crippen molar-refractivity contribution >= 4 is 0 Å². The molecule has 72 valence electrons. The number of hydrogen-bond donors (Lipinski definition) is 1. The normalized spacial score (nSPS) is 27.5. The highest BCUT2D eigenvalue weighted by atomic mass is 19.3. The van der Waals surface area contributed by atoms with E-state index >= 15 is 0 Å². The van der Waals surface area contributed by atoms with Crippen LogP contribution in [0.1, 0.15) is 12.8 Å². The number of hydrogen-bond acceptors (Lipinski definition) is 2. The first-order chi connectivity index (χ1) is 5.75. The summed E-state index contributed by atoms with van der Waals surface area (Å²) in [5.41, 5.74) is 0. The summed E-state index contributed by atoms with van der Waals surface area (Å²) in [7, 11) is 1.57.